The molecule has 0 bridgehead atoms. The molecule has 0 fully saturated rings. The molecule has 3 aromatic heterocycles. The van der Waals surface area contributed by atoms with Gasteiger partial charge in [-0.05, 0) is 54.3 Å². The van der Waals surface area contributed by atoms with Gasteiger partial charge in [0, 0.05) is 43.0 Å². The predicted octanol–water partition coefficient (Wildman–Crippen LogP) is 5.87. The number of ether oxygens (including phenoxy) is 1. The lowest BCUT2D eigenvalue weighted by Crippen LogP contribution is -2.24. The van der Waals surface area contributed by atoms with Crippen LogP contribution in [0.25, 0.3) is 33.2 Å². The summed E-state index contributed by atoms with van der Waals surface area (Å²) in [7, 11) is 5.10. The zero-order valence-corrected chi connectivity index (χ0v) is 20.9. The molecule has 5 rings (SSSR count). The van der Waals surface area contributed by atoms with Crippen LogP contribution in [0.2, 0.25) is 0 Å². The van der Waals surface area contributed by atoms with Crippen LogP contribution >= 0.6 is 0 Å². The zero-order valence-electron chi connectivity index (χ0n) is 20.9. The Balaban J connectivity index is 1.42. The molecule has 2 N–H and O–H groups in total. The molecule has 0 atom stereocenters. The third-order valence-electron chi connectivity index (χ3n) is 6.41. The number of hydrogen-bond donors (Lipinski definition) is 2. The maximum Gasteiger partial charge on any atom is 0.412 e. The molecule has 0 aliphatic rings. The van der Waals surface area contributed by atoms with Gasteiger partial charge < -0.3 is 19.7 Å². The molecule has 0 unspecified atom stereocenters. The summed E-state index contributed by atoms with van der Waals surface area (Å²) in [4.78, 5) is 25.5. The summed E-state index contributed by atoms with van der Waals surface area (Å²) in [6.07, 6.45) is 4.29. The average Bonchev–Trinajstić information content (AvgIpc) is 3.25. The van der Waals surface area contributed by atoms with Crippen LogP contribution < -0.4 is 15.0 Å². The molecular weight excluding hydrogens is 468 g/mol. The number of nitrogens with zero attached hydrogens (tertiary/aromatic N) is 5. The van der Waals surface area contributed by atoms with E-state index in [0.29, 0.717) is 17.4 Å². The van der Waals surface area contributed by atoms with Crippen molar-refractivity contribution in [2.24, 2.45) is 7.05 Å². The van der Waals surface area contributed by atoms with Crippen LogP contribution in [-0.2, 0) is 7.05 Å². The van der Waals surface area contributed by atoms with E-state index in [0.717, 1.165) is 49.6 Å². The van der Waals surface area contributed by atoms with Gasteiger partial charge in [0.2, 0.25) is 0 Å². The second-order valence-electron chi connectivity index (χ2n) is 8.67. The minimum Gasteiger partial charge on any atom is -0.495 e. The third-order valence-corrected chi connectivity index (χ3v) is 6.41. The van der Waals surface area contributed by atoms with Crippen LogP contribution in [0.3, 0.4) is 0 Å². The fraction of sp³-hybridized carbons (Fsp3) is 0.143. The molecular formula is C28H26N6O3. The number of imidazole rings is 1. The van der Waals surface area contributed by atoms with Crippen LogP contribution in [0.1, 0.15) is 5.82 Å². The normalized spacial score (nSPS) is 10.9. The Bertz CT molecular complexity index is 1610. The minimum atomic E-state index is -1.06. The Morgan fingerprint density at radius 1 is 0.919 bits per heavy atom. The summed E-state index contributed by atoms with van der Waals surface area (Å²) in [5.74, 6) is 2.69. The molecule has 0 saturated carbocycles. The van der Waals surface area contributed by atoms with Crippen molar-refractivity contribution in [3.8, 4) is 28.1 Å². The second-order valence-corrected chi connectivity index (χ2v) is 8.67. The van der Waals surface area contributed by atoms with Gasteiger partial charge in [-0.3, -0.25) is 4.90 Å². The minimum absolute atomic E-state index is 0.367. The van der Waals surface area contributed by atoms with Gasteiger partial charge in [0.25, 0.3) is 0 Å². The number of aryl methyl sites for hydroxylation is 1. The first-order valence-electron chi connectivity index (χ1n) is 11.6. The Hall–Kier alpha value is -4.92. The van der Waals surface area contributed by atoms with E-state index in [-0.39, 0.29) is 0 Å². The molecule has 2 aromatic carbocycles. The lowest BCUT2D eigenvalue weighted by molar-refractivity contribution is 0.203. The van der Waals surface area contributed by atoms with E-state index in [1.807, 2.05) is 73.4 Å². The number of carboxylic acid groups (broad SMARTS) is 1. The number of hydrogen-bond acceptors (Lipinski definition) is 6. The van der Waals surface area contributed by atoms with Crippen molar-refractivity contribution in [1.82, 2.24) is 19.5 Å². The van der Waals surface area contributed by atoms with Crippen molar-refractivity contribution >= 4 is 34.2 Å². The molecule has 9 heteroatoms. The first-order valence-corrected chi connectivity index (χ1v) is 11.6. The van der Waals surface area contributed by atoms with Crippen molar-refractivity contribution in [2.45, 2.75) is 6.92 Å². The Kier molecular flexibility index (Phi) is 6.19. The number of pyridine rings is 2. The van der Waals surface area contributed by atoms with E-state index in [1.165, 1.54) is 7.05 Å². The topological polar surface area (TPSA) is 105 Å². The zero-order chi connectivity index (χ0) is 26.1. The first-order chi connectivity index (χ1) is 17.8. The van der Waals surface area contributed by atoms with E-state index in [9.17, 15) is 4.79 Å². The Labute approximate surface area is 214 Å². The van der Waals surface area contributed by atoms with Crippen molar-refractivity contribution in [3.05, 3.63) is 79.0 Å². The lowest BCUT2D eigenvalue weighted by Gasteiger charge is -2.14. The largest absolute Gasteiger partial charge is 0.495 e. The number of carbonyl (C=O) groups is 1. The van der Waals surface area contributed by atoms with Crippen LogP contribution in [0.5, 0.6) is 5.75 Å². The number of rotatable bonds is 6. The number of amides is 1. The highest BCUT2D eigenvalue weighted by Crippen LogP contribution is 2.33. The van der Waals surface area contributed by atoms with E-state index < -0.39 is 6.09 Å². The third kappa shape index (κ3) is 4.66. The fourth-order valence-corrected chi connectivity index (χ4v) is 4.10. The molecule has 186 valence electrons. The number of fused-ring (bicyclic) bond motifs is 1. The molecule has 0 radical (unpaired) electrons. The van der Waals surface area contributed by atoms with Gasteiger partial charge in [0.05, 0.1) is 24.7 Å². The van der Waals surface area contributed by atoms with Gasteiger partial charge in [0.15, 0.2) is 0 Å². The van der Waals surface area contributed by atoms with Crippen LogP contribution in [0.15, 0.2) is 73.2 Å². The van der Waals surface area contributed by atoms with Crippen molar-refractivity contribution < 1.29 is 14.6 Å². The SMILES string of the molecule is COc1cc(-c2cnc(C)n2C)ccc1Nc1cc2cc(-c3ccc(N(C)C(=O)O)nc3)ccc2cn1. The summed E-state index contributed by atoms with van der Waals surface area (Å²) in [5, 5.41) is 14.5. The summed E-state index contributed by atoms with van der Waals surface area (Å²) in [5.41, 5.74) is 4.68. The number of nitrogens with one attached hydrogen (secondary N) is 1. The van der Waals surface area contributed by atoms with Gasteiger partial charge in [-0.1, -0.05) is 18.2 Å². The average molecular weight is 495 g/mol. The molecule has 3 heterocycles. The Morgan fingerprint density at radius 3 is 2.38 bits per heavy atom. The fourth-order valence-electron chi connectivity index (χ4n) is 4.10. The molecule has 37 heavy (non-hydrogen) atoms. The number of anilines is 3. The monoisotopic (exact) mass is 494 g/mol. The smallest absolute Gasteiger partial charge is 0.412 e. The number of methoxy groups -OCH3 is 1. The highest BCUT2D eigenvalue weighted by Gasteiger charge is 2.12. The highest BCUT2D eigenvalue weighted by molar-refractivity contribution is 5.89. The maximum atomic E-state index is 11.2. The quantitative estimate of drug-likeness (QED) is 0.304. The van der Waals surface area contributed by atoms with Crippen molar-refractivity contribution in [3.63, 3.8) is 0 Å². The predicted molar refractivity (Wildman–Crippen MR) is 145 cm³/mol. The highest BCUT2D eigenvalue weighted by atomic mass is 16.5. The van der Waals surface area contributed by atoms with Crippen LogP contribution in [-0.4, -0.2) is 44.9 Å². The summed E-state index contributed by atoms with van der Waals surface area (Å²) >= 11 is 0. The lowest BCUT2D eigenvalue weighted by atomic mass is 10.0. The van der Waals surface area contributed by atoms with Gasteiger partial charge in [0.1, 0.15) is 23.2 Å². The molecule has 5 aromatic rings. The van der Waals surface area contributed by atoms with Gasteiger partial charge in [-0.25, -0.2) is 19.7 Å². The van der Waals surface area contributed by atoms with E-state index in [1.54, 1.807) is 19.4 Å². The molecule has 1 amide bonds. The van der Waals surface area contributed by atoms with Gasteiger partial charge in [-0.15, -0.1) is 0 Å². The molecule has 0 aliphatic carbocycles. The van der Waals surface area contributed by atoms with Crippen LogP contribution in [0, 0.1) is 6.92 Å². The maximum absolute atomic E-state index is 11.2. The number of benzene rings is 2. The second kappa shape index (κ2) is 9.62. The molecule has 0 saturated heterocycles. The van der Waals surface area contributed by atoms with E-state index in [4.69, 9.17) is 9.84 Å². The van der Waals surface area contributed by atoms with Crippen molar-refractivity contribution in [1.29, 1.82) is 0 Å². The molecule has 9 nitrogen and oxygen atoms in total. The van der Waals surface area contributed by atoms with Gasteiger partial charge in [-0.2, -0.15) is 0 Å². The van der Waals surface area contributed by atoms with Crippen LogP contribution in [0.4, 0.5) is 22.1 Å². The molecule has 0 spiro atoms. The summed E-state index contributed by atoms with van der Waals surface area (Å²) in [6, 6.07) is 17.6. The van der Waals surface area contributed by atoms with E-state index in [2.05, 4.69) is 26.3 Å². The molecule has 0 aliphatic heterocycles. The summed E-state index contributed by atoms with van der Waals surface area (Å²) in [6.45, 7) is 1.97. The standard InChI is InChI=1S/C28H26N6O3/c1-17-29-16-24(33(17)2)19-7-9-23(25(12-19)37-4)32-26-13-22-11-18(5-6-21(22)14-30-26)20-8-10-27(31-15-20)34(3)28(35)36/h5-16H,1-4H3,(H,30,32)(H,35,36). The van der Waals surface area contributed by atoms with E-state index >= 15 is 0 Å². The Morgan fingerprint density at radius 2 is 1.70 bits per heavy atom. The van der Waals surface area contributed by atoms with Crippen molar-refractivity contribution in [2.75, 3.05) is 24.4 Å². The number of aromatic nitrogens is 4. The first kappa shape index (κ1) is 23.8. The summed E-state index contributed by atoms with van der Waals surface area (Å²) < 4.78 is 7.70. The van der Waals surface area contributed by atoms with Gasteiger partial charge >= 0.3 is 6.09 Å².